The van der Waals surface area contributed by atoms with Crippen molar-refractivity contribution in [2.45, 2.75) is 24.9 Å². The zero-order valence-corrected chi connectivity index (χ0v) is 13.1. The van der Waals surface area contributed by atoms with Crippen molar-refractivity contribution in [3.05, 3.63) is 22.8 Å². The van der Waals surface area contributed by atoms with Crippen LogP contribution < -0.4 is 4.74 Å². The van der Waals surface area contributed by atoms with E-state index in [0.29, 0.717) is 12.5 Å². The molecule has 6 nitrogen and oxygen atoms in total. The largest absolute Gasteiger partial charge is 0.479 e. The summed E-state index contributed by atoms with van der Waals surface area (Å²) >= 11 is 6.06. The van der Waals surface area contributed by atoms with E-state index >= 15 is 0 Å². The van der Waals surface area contributed by atoms with Gasteiger partial charge in [0, 0.05) is 19.2 Å². The molecule has 124 valence electrons. The van der Waals surface area contributed by atoms with Gasteiger partial charge < -0.3 is 14.7 Å². The number of carboxylic acids is 1. The molecule has 0 bridgehead atoms. The number of pyridine rings is 1. The van der Waals surface area contributed by atoms with E-state index in [9.17, 15) is 14.0 Å². The Kier molecular flexibility index (Phi) is 4.14. The lowest BCUT2D eigenvalue weighted by molar-refractivity contribution is -0.149. The lowest BCUT2D eigenvalue weighted by Gasteiger charge is -2.18. The van der Waals surface area contributed by atoms with E-state index in [0.717, 1.165) is 17.7 Å². The number of hydrogen-bond donors (Lipinski definition) is 1. The highest BCUT2D eigenvalue weighted by Gasteiger charge is 2.47. The van der Waals surface area contributed by atoms with E-state index < -0.39 is 24.1 Å². The van der Waals surface area contributed by atoms with Crippen molar-refractivity contribution in [3.63, 3.8) is 0 Å². The molecular formula is C15H16ClFN2O4. The zero-order valence-electron chi connectivity index (χ0n) is 12.3. The van der Waals surface area contributed by atoms with Gasteiger partial charge in [-0.2, -0.15) is 0 Å². The molecule has 1 aliphatic heterocycles. The first-order valence-electron chi connectivity index (χ1n) is 7.39. The molecule has 1 saturated carbocycles. The van der Waals surface area contributed by atoms with Crippen LogP contribution in [0.5, 0.6) is 5.88 Å². The first-order valence-corrected chi connectivity index (χ1v) is 7.77. The molecule has 0 radical (unpaired) electrons. The summed E-state index contributed by atoms with van der Waals surface area (Å²) in [6.07, 6.45) is 3.36. The Morgan fingerprint density at radius 3 is 2.83 bits per heavy atom. The van der Waals surface area contributed by atoms with Crippen LogP contribution in [0.3, 0.4) is 0 Å². The average molecular weight is 343 g/mol. The van der Waals surface area contributed by atoms with Gasteiger partial charge in [0.1, 0.15) is 5.02 Å². The van der Waals surface area contributed by atoms with E-state index in [1.54, 1.807) is 0 Å². The number of likely N-dealkylation sites (tertiary alicyclic amines) is 1. The second-order valence-electron chi connectivity index (χ2n) is 6.01. The van der Waals surface area contributed by atoms with Crippen LogP contribution >= 0.6 is 11.6 Å². The van der Waals surface area contributed by atoms with Crippen molar-refractivity contribution in [2.75, 3.05) is 19.7 Å². The highest BCUT2D eigenvalue weighted by Crippen LogP contribution is 2.32. The summed E-state index contributed by atoms with van der Waals surface area (Å²) in [4.78, 5) is 28.4. The lowest BCUT2D eigenvalue weighted by atomic mass is 10.1. The van der Waals surface area contributed by atoms with Crippen molar-refractivity contribution in [3.8, 4) is 5.88 Å². The number of carbonyl (C=O) groups excluding carboxylic acids is 1. The molecule has 1 saturated heterocycles. The van der Waals surface area contributed by atoms with Gasteiger partial charge in [-0.15, -0.1) is 0 Å². The van der Waals surface area contributed by atoms with Gasteiger partial charge in [0.2, 0.25) is 11.5 Å². The minimum atomic E-state index is -2.39. The lowest BCUT2D eigenvalue weighted by Crippen LogP contribution is -2.38. The van der Waals surface area contributed by atoms with Crippen LogP contribution in [0, 0.1) is 5.92 Å². The maximum absolute atomic E-state index is 14.0. The van der Waals surface area contributed by atoms with E-state index in [1.807, 2.05) is 0 Å². The molecule has 1 unspecified atom stereocenters. The zero-order chi connectivity index (χ0) is 16.6. The molecule has 23 heavy (non-hydrogen) atoms. The van der Waals surface area contributed by atoms with Crippen molar-refractivity contribution in [2.24, 2.45) is 5.92 Å². The second-order valence-corrected chi connectivity index (χ2v) is 6.42. The quantitative estimate of drug-likeness (QED) is 0.887. The van der Waals surface area contributed by atoms with Gasteiger partial charge in [0.25, 0.3) is 5.91 Å². The van der Waals surface area contributed by atoms with E-state index in [4.69, 9.17) is 21.4 Å². The van der Waals surface area contributed by atoms with E-state index in [-0.39, 0.29) is 29.4 Å². The summed E-state index contributed by atoms with van der Waals surface area (Å²) in [5.74, 6) is -1.23. The first kappa shape index (κ1) is 16.0. The number of aliphatic carboxylic acids is 1. The molecule has 1 aliphatic carbocycles. The Balaban J connectivity index is 1.67. The third-order valence-corrected chi connectivity index (χ3v) is 4.37. The number of halogens is 2. The number of rotatable bonds is 5. The second kappa shape index (κ2) is 5.96. The number of hydrogen-bond acceptors (Lipinski definition) is 4. The Bertz CT molecular complexity index is 652. The summed E-state index contributed by atoms with van der Waals surface area (Å²) in [5, 5.41) is 9.08. The highest BCUT2D eigenvalue weighted by molar-refractivity contribution is 6.32. The van der Waals surface area contributed by atoms with Gasteiger partial charge in [-0.1, -0.05) is 11.6 Å². The molecule has 1 atom stereocenters. The SMILES string of the molecule is O=C(c1cnc(OCC2CC2)c(Cl)c1)N1CCC(F)(C(=O)O)C1. The van der Waals surface area contributed by atoms with Crippen molar-refractivity contribution in [1.82, 2.24) is 9.88 Å². The summed E-state index contributed by atoms with van der Waals surface area (Å²) in [7, 11) is 0. The summed E-state index contributed by atoms with van der Waals surface area (Å²) in [6.45, 7) is 0.118. The molecule has 1 amide bonds. The van der Waals surface area contributed by atoms with Crippen LogP contribution in [0.4, 0.5) is 4.39 Å². The van der Waals surface area contributed by atoms with Crippen molar-refractivity contribution < 1.29 is 23.8 Å². The predicted molar refractivity (Wildman–Crippen MR) is 79.5 cm³/mol. The number of alkyl halides is 1. The Labute approximate surface area is 137 Å². The minimum Gasteiger partial charge on any atom is -0.479 e. The predicted octanol–water partition coefficient (Wildman–Crippen LogP) is 2.16. The molecule has 0 aromatic carbocycles. The molecule has 1 aromatic rings. The van der Waals surface area contributed by atoms with Gasteiger partial charge in [-0.3, -0.25) is 4.79 Å². The Morgan fingerprint density at radius 2 is 2.26 bits per heavy atom. The maximum atomic E-state index is 14.0. The molecule has 2 heterocycles. The van der Waals surface area contributed by atoms with Gasteiger partial charge in [-0.05, 0) is 24.8 Å². The fraction of sp³-hybridized carbons (Fsp3) is 0.533. The van der Waals surface area contributed by atoms with Gasteiger partial charge in [0.05, 0.1) is 18.7 Å². The third kappa shape index (κ3) is 3.39. The Morgan fingerprint density at radius 1 is 1.52 bits per heavy atom. The molecule has 8 heteroatoms. The number of carboxylic acid groups (broad SMARTS) is 1. The normalized spacial score (nSPS) is 23.8. The third-order valence-electron chi connectivity index (χ3n) is 4.10. The number of carbonyl (C=O) groups is 2. The molecule has 3 rings (SSSR count). The van der Waals surface area contributed by atoms with Crippen LogP contribution in [0.25, 0.3) is 0 Å². The maximum Gasteiger partial charge on any atom is 0.343 e. The molecule has 1 N–H and O–H groups in total. The fourth-order valence-electron chi connectivity index (χ4n) is 2.43. The van der Waals surface area contributed by atoms with E-state index in [2.05, 4.69) is 4.98 Å². The fourth-order valence-corrected chi connectivity index (χ4v) is 2.65. The first-order chi connectivity index (χ1) is 10.9. The van der Waals surface area contributed by atoms with Gasteiger partial charge in [0.15, 0.2) is 0 Å². The van der Waals surface area contributed by atoms with E-state index in [1.165, 1.54) is 12.3 Å². The summed E-state index contributed by atoms with van der Waals surface area (Å²) in [5.41, 5.74) is -2.20. The average Bonchev–Trinajstić information content (AvgIpc) is 3.25. The molecule has 2 fully saturated rings. The molecular weight excluding hydrogens is 327 g/mol. The topological polar surface area (TPSA) is 79.7 Å². The smallest absolute Gasteiger partial charge is 0.343 e. The minimum absolute atomic E-state index is 0.0409. The summed E-state index contributed by atoms with van der Waals surface area (Å²) in [6, 6.07) is 1.41. The van der Waals surface area contributed by atoms with Crippen LogP contribution in [-0.2, 0) is 4.79 Å². The number of nitrogens with zero attached hydrogens (tertiary/aromatic N) is 2. The monoisotopic (exact) mass is 342 g/mol. The number of aromatic nitrogens is 1. The Hall–Kier alpha value is -1.89. The van der Waals surface area contributed by atoms with Crippen LogP contribution in [0.1, 0.15) is 29.6 Å². The molecule has 1 aromatic heterocycles. The van der Waals surface area contributed by atoms with Crippen LogP contribution in [0.15, 0.2) is 12.3 Å². The van der Waals surface area contributed by atoms with Gasteiger partial charge in [-0.25, -0.2) is 14.2 Å². The van der Waals surface area contributed by atoms with Gasteiger partial charge >= 0.3 is 5.97 Å². The summed E-state index contributed by atoms with van der Waals surface area (Å²) < 4.78 is 19.5. The highest BCUT2D eigenvalue weighted by atomic mass is 35.5. The molecule has 0 spiro atoms. The van der Waals surface area contributed by atoms with Crippen molar-refractivity contribution in [1.29, 1.82) is 0 Å². The van der Waals surface area contributed by atoms with Crippen LogP contribution in [-0.4, -0.2) is 52.2 Å². The van der Waals surface area contributed by atoms with Crippen molar-refractivity contribution >= 4 is 23.5 Å². The standard InChI is InChI=1S/C15H16ClFN2O4/c16-11-5-10(6-18-12(11)23-7-9-1-2-9)13(20)19-4-3-15(17,8-19)14(21)22/h5-6,9H,1-4,7-8H2,(H,21,22). The number of amides is 1. The van der Waals surface area contributed by atoms with Crippen LogP contribution in [0.2, 0.25) is 5.02 Å². The molecule has 2 aliphatic rings. The number of ether oxygens (including phenoxy) is 1.